The summed E-state index contributed by atoms with van der Waals surface area (Å²) in [6, 6.07) is 6.92. The van der Waals surface area contributed by atoms with Crippen LogP contribution in [-0.2, 0) is 0 Å². The summed E-state index contributed by atoms with van der Waals surface area (Å²) >= 11 is 1.71. The Morgan fingerprint density at radius 2 is 2.12 bits per heavy atom. The number of thiophene rings is 1. The lowest BCUT2D eigenvalue weighted by molar-refractivity contribution is 0.0896. The van der Waals surface area contributed by atoms with Gasteiger partial charge in [-0.2, -0.15) is 0 Å². The minimum Gasteiger partial charge on any atom is -0.346 e. The van der Waals surface area contributed by atoms with E-state index in [1.807, 2.05) is 0 Å². The first-order valence-electron chi connectivity index (χ1n) is 9.75. The smallest absolute Gasteiger partial charge is 0.261 e. The first-order valence-corrected chi connectivity index (χ1v) is 10.6. The monoisotopic (exact) mass is 352 g/mol. The second-order valence-corrected chi connectivity index (χ2v) is 9.70. The normalized spacial score (nSPS) is 31.8. The molecule has 1 aromatic heterocycles. The summed E-state index contributed by atoms with van der Waals surface area (Å²) in [6.07, 6.45) is 6.41. The number of benzene rings is 1. The number of hydrogen-bond acceptors (Lipinski definition) is 3. The molecule has 2 bridgehead atoms. The van der Waals surface area contributed by atoms with Crippen molar-refractivity contribution in [3.63, 3.8) is 0 Å². The minimum atomic E-state index is 0.158. The summed E-state index contributed by atoms with van der Waals surface area (Å²) in [5, 5.41) is 4.70. The van der Waals surface area contributed by atoms with Crippen LogP contribution in [0, 0.1) is 12.8 Å². The van der Waals surface area contributed by atoms with Gasteiger partial charge in [-0.3, -0.25) is 9.69 Å². The molecule has 4 heteroatoms. The van der Waals surface area contributed by atoms with Crippen molar-refractivity contribution in [3.05, 3.63) is 34.2 Å². The van der Waals surface area contributed by atoms with Crippen LogP contribution in [0.4, 0.5) is 0 Å². The van der Waals surface area contributed by atoms with E-state index in [4.69, 9.17) is 0 Å². The number of fused-ring (bicyclic) bond motifs is 4. The molecule has 1 amide bonds. The van der Waals surface area contributed by atoms with Crippen LogP contribution in [-0.4, -0.2) is 35.5 Å². The molecule has 4 aliphatic rings. The fourth-order valence-electron chi connectivity index (χ4n) is 5.53. The highest BCUT2D eigenvalue weighted by molar-refractivity contribution is 7.21. The van der Waals surface area contributed by atoms with E-state index in [1.54, 1.807) is 11.3 Å². The van der Waals surface area contributed by atoms with Crippen LogP contribution in [0.15, 0.2) is 18.2 Å². The number of piperidine rings is 1. The van der Waals surface area contributed by atoms with Gasteiger partial charge in [0, 0.05) is 16.8 Å². The third kappa shape index (κ3) is 2.04. The Hall–Kier alpha value is -1.39. The quantitative estimate of drug-likeness (QED) is 0.904. The molecule has 2 unspecified atom stereocenters. The Bertz CT molecular complexity index is 893. The number of aryl methyl sites for hydroxylation is 1. The van der Waals surface area contributed by atoms with Crippen molar-refractivity contribution in [1.82, 2.24) is 10.2 Å². The van der Waals surface area contributed by atoms with Crippen LogP contribution in [0.1, 0.15) is 58.8 Å². The molecule has 3 atom stereocenters. The molecule has 130 valence electrons. The molecule has 3 nitrogen and oxygen atoms in total. The number of rotatable bonds is 3. The van der Waals surface area contributed by atoms with E-state index in [1.165, 1.54) is 66.4 Å². The largest absolute Gasteiger partial charge is 0.346 e. The van der Waals surface area contributed by atoms with Crippen molar-refractivity contribution in [2.75, 3.05) is 13.1 Å². The zero-order valence-corrected chi connectivity index (χ0v) is 15.5. The lowest BCUT2D eigenvalue weighted by Gasteiger charge is -2.33. The predicted molar refractivity (Wildman–Crippen MR) is 101 cm³/mol. The van der Waals surface area contributed by atoms with Crippen LogP contribution in [0.25, 0.3) is 10.1 Å². The van der Waals surface area contributed by atoms with E-state index >= 15 is 0 Å². The summed E-state index contributed by atoms with van der Waals surface area (Å²) in [5.74, 6) is 1.56. The Kier molecular flexibility index (Phi) is 2.87. The van der Waals surface area contributed by atoms with Crippen molar-refractivity contribution in [2.45, 2.75) is 56.5 Å². The van der Waals surface area contributed by atoms with Gasteiger partial charge in [0.15, 0.2) is 0 Å². The molecule has 1 N–H and O–H groups in total. The van der Waals surface area contributed by atoms with Crippen LogP contribution >= 0.6 is 11.3 Å². The number of hydrogen-bond donors (Lipinski definition) is 1. The number of amides is 1. The minimum absolute atomic E-state index is 0.158. The fourth-order valence-corrected chi connectivity index (χ4v) is 6.77. The highest BCUT2D eigenvalue weighted by Gasteiger charge is 2.63. The van der Waals surface area contributed by atoms with Crippen LogP contribution in [0.2, 0.25) is 0 Å². The summed E-state index contributed by atoms with van der Waals surface area (Å²) < 4.78 is 1.35. The number of carbonyl (C=O) groups excluding carboxylic acids is 1. The highest BCUT2D eigenvalue weighted by Crippen LogP contribution is 2.55. The van der Waals surface area contributed by atoms with Crippen molar-refractivity contribution in [3.8, 4) is 0 Å². The molecule has 6 rings (SSSR count). The second-order valence-electron chi connectivity index (χ2n) is 8.65. The topological polar surface area (TPSA) is 32.3 Å². The molecule has 1 aromatic carbocycles. The maximum absolute atomic E-state index is 13.0. The van der Waals surface area contributed by atoms with Gasteiger partial charge in [-0.15, -0.1) is 11.3 Å². The molecule has 4 fully saturated rings. The third-order valence-corrected chi connectivity index (χ3v) is 8.29. The van der Waals surface area contributed by atoms with Crippen molar-refractivity contribution >= 4 is 27.3 Å². The van der Waals surface area contributed by atoms with Gasteiger partial charge in [0.25, 0.3) is 5.91 Å². The zero-order chi connectivity index (χ0) is 16.8. The maximum atomic E-state index is 13.0. The van der Waals surface area contributed by atoms with Crippen molar-refractivity contribution < 1.29 is 4.79 Å². The molecular weight excluding hydrogens is 328 g/mol. The van der Waals surface area contributed by atoms with E-state index in [-0.39, 0.29) is 5.91 Å². The number of carbonyl (C=O) groups is 1. The van der Waals surface area contributed by atoms with Crippen LogP contribution < -0.4 is 5.32 Å². The standard InChI is InChI=1S/C21H24N2OS/c1-12-2-3-14-10-16(25-18(14)17(12)13-4-5-13)20(24)22-19-15-6-9-23(11-15)21(19)7-8-21/h2-3,10,13,15,19H,4-9,11H2,1H3,(H,22,24)/t15?,19-/m1/s1. The molecule has 0 radical (unpaired) electrons. The lowest BCUT2D eigenvalue weighted by atomic mass is 9.92. The van der Waals surface area contributed by atoms with Crippen molar-refractivity contribution in [1.29, 1.82) is 0 Å². The SMILES string of the molecule is Cc1ccc2cc(C(=O)N[C@@H]3C4CCN(C4)C34CC4)sc2c1C1CC1. The number of nitrogens with zero attached hydrogens (tertiary/aromatic N) is 1. The van der Waals surface area contributed by atoms with Gasteiger partial charge in [0.1, 0.15) is 0 Å². The maximum Gasteiger partial charge on any atom is 0.261 e. The van der Waals surface area contributed by atoms with Gasteiger partial charge in [0.05, 0.1) is 10.9 Å². The molecule has 2 aliphatic carbocycles. The van der Waals surface area contributed by atoms with Crippen LogP contribution in [0.5, 0.6) is 0 Å². The third-order valence-electron chi connectivity index (χ3n) is 7.11. The van der Waals surface area contributed by atoms with E-state index in [2.05, 4.69) is 35.3 Å². The molecule has 25 heavy (non-hydrogen) atoms. The summed E-state index contributed by atoms with van der Waals surface area (Å²) in [6.45, 7) is 4.65. The van der Waals surface area contributed by atoms with E-state index < -0.39 is 0 Å². The Morgan fingerprint density at radius 1 is 1.28 bits per heavy atom. The van der Waals surface area contributed by atoms with Crippen molar-refractivity contribution in [2.24, 2.45) is 5.92 Å². The van der Waals surface area contributed by atoms with E-state index in [0.717, 1.165) is 10.8 Å². The van der Waals surface area contributed by atoms with Crippen LogP contribution in [0.3, 0.4) is 0 Å². The van der Waals surface area contributed by atoms with Gasteiger partial charge in [-0.05, 0) is 80.0 Å². The fraction of sp³-hybridized carbons (Fsp3) is 0.571. The average molecular weight is 353 g/mol. The van der Waals surface area contributed by atoms with Gasteiger partial charge in [0.2, 0.25) is 0 Å². The molecule has 3 heterocycles. The molecule has 2 aromatic rings. The van der Waals surface area contributed by atoms with E-state index in [0.29, 0.717) is 17.5 Å². The second kappa shape index (κ2) is 4.86. The van der Waals surface area contributed by atoms with Gasteiger partial charge >= 0.3 is 0 Å². The molecule has 2 aliphatic heterocycles. The molecule has 2 saturated heterocycles. The zero-order valence-electron chi connectivity index (χ0n) is 14.7. The molecular formula is C21H24N2OS. The Balaban J connectivity index is 1.32. The first-order chi connectivity index (χ1) is 12.2. The number of nitrogens with one attached hydrogen (secondary N) is 1. The average Bonchev–Trinajstić information content (AvgIpc) is 3.47. The summed E-state index contributed by atoms with van der Waals surface area (Å²) in [7, 11) is 0. The Labute approximate surface area is 152 Å². The lowest BCUT2D eigenvalue weighted by Crippen LogP contribution is -2.51. The van der Waals surface area contributed by atoms with Gasteiger partial charge in [-0.25, -0.2) is 0 Å². The predicted octanol–water partition coefficient (Wildman–Crippen LogP) is 4.05. The highest BCUT2D eigenvalue weighted by atomic mass is 32.1. The summed E-state index contributed by atoms with van der Waals surface area (Å²) in [4.78, 5) is 16.6. The van der Waals surface area contributed by atoms with E-state index in [9.17, 15) is 4.79 Å². The summed E-state index contributed by atoms with van der Waals surface area (Å²) in [5.41, 5.74) is 3.22. The first kappa shape index (κ1) is 14.7. The van der Waals surface area contributed by atoms with Gasteiger partial charge in [-0.1, -0.05) is 12.1 Å². The molecule has 1 spiro atoms. The molecule has 2 saturated carbocycles. The van der Waals surface area contributed by atoms with Gasteiger partial charge < -0.3 is 5.32 Å². The Morgan fingerprint density at radius 3 is 2.88 bits per heavy atom.